The molecular formula is C12H17N5O2S. The zero-order valence-corrected chi connectivity index (χ0v) is 12.0. The molecule has 2 aromatic rings. The van der Waals surface area contributed by atoms with Gasteiger partial charge in [0.1, 0.15) is 10.7 Å². The third-order valence-electron chi connectivity index (χ3n) is 2.64. The molecule has 0 saturated heterocycles. The van der Waals surface area contributed by atoms with Crippen LogP contribution < -0.4 is 10.0 Å². The van der Waals surface area contributed by atoms with Crippen molar-refractivity contribution in [2.24, 2.45) is 0 Å². The molecule has 0 unspecified atom stereocenters. The Kier molecular flexibility index (Phi) is 4.70. The Morgan fingerprint density at radius 1 is 1.35 bits per heavy atom. The standard InChI is InChI=1S/C12H17N5O2S/c1-13-6-4-8-17-10-11(9-15-17)20(18,19)16-12-5-2-3-7-14-12/h2-3,5,7,9-10,13H,4,6,8H2,1H3,(H,14,16). The number of nitrogens with zero attached hydrogens (tertiary/aromatic N) is 3. The van der Waals surface area contributed by atoms with Crippen molar-refractivity contribution in [1.82, 2.24) is 20.1 Å². The number of rotatable bonds is 7. The highest BCUT2D eigenvalue weighted by Crippen LogP contribution is 2.12. The minimum Gasteiger partial charge on any atom is -0.320 e. The molecule has 0 amide bonds. The molecule has 20 heavy (non-hydrogen) atoms. The van der Waals surface area contributed by atoms with E-state index in [1.165, 1.54) is 18.6 Å². The van der Waals surface area contributed by atoms with Crippen molar-refractivity contribution >= 4 is 15.8 Å². The molecule has 8 heteroatoms. The summed E-state index contributed by atoms with van der Waals surface area (Å²) in [7, 11) is -1.76. The van der Waals surface area contributed by atoms with Crippen molar-refractivity contribution in [2.75, 3.05) is 18.3 Å². The highest BCUT2D eigenvalue weighted by atomic mass is 32.2. The maximum absolute atomic E-state index is 12.1. The number of sulfonamides is 1. The first-order valence-corrected chi connectivity index (χ1v) is 7.71. The van der Waals surface area contributed by atoms with Crippen molar-refractivity contribution in [3.8, 4) is 0 Å². The van der Waals surface area contributed by atoms with Crippen molar-refractivity contribution in [1.29, 1.82) is 0 Å². The summed E-state index contributed by atoms with van der Waals surface area (Å²) in [4.78, 5) is 4.06. The molecule has 2 heterocycles. The van der Waals surface area contributed by atoms with Gasteiger partial charge in [-0.05, 0) is 32.1 Å². The van der Waals surface area contributed by atoms with Gasteiger partial charge in [-0.1, -0.05) is 6.07 Å². The summed E-state index contributed by atoms with van der Waals surface area (Å²) in [5, 5.41) is 7.07. The first-order chi connectivity index (χ1) is 9.62. The molecule has 0 aliphatic carbocycles. The van der Waals surface area contributed by atoms with Gasteiger partial charge in [0.25, 0.3) is 10.0 Å². The largest absolute Gasteiger partial charge is 0.320 e. The summed E-state index contributed by atoms with van der Waals surface area (Å²) >= 11 is 0. The van der Waals surface area contributed by atoms with Crippen molar-refractivity contribution in [2.45, 2.75) is 17.9 Å². The molecular weight excluding hydrogens is 278 g/mol. The minimum atomic E-state index is -3.63. The zero-order chi connectivity index (χ0) is 14.4. The molecule has 0 radical (unpaired) electrons. The summed E-state index contributed by atoms with van der Waals surface area (Å²) < 4.78 is 28.3. The average Bonchev–Trinajstić information content (AvgIpc) is 2.89. The summed E-state index contributed by atoms with van der Waals surface area (Å²) in [6.45, 7) is 1.52. The Bertz CT molecular complexity index is 639. The fourth-order valence-electron chi connectivity index (χ4n) is 1.64. The van der Waals surface area contributed by atoms with E-state index in [2.05, 4.69) is 20.1 Å². The first kappa shape index (κ1) is 14.5. The first-order valence-electron chi connectivity index (χ1n) is 6.23. The van der Waals surface area contributed by atoms with Crippen molar-refractivity contribution in [3.63, 3.8) is 0 Å². The van der Waals surface area contributed by atoms with Gasteiger partial charge in [-0.25, -0.2) is 13.4 Å². The van der Waals surface area contributed by atoms with Crippen LogP contribution in [0, 0.1) is 0 Å². The van der Waals surface area contributed by atoms with E-state index in [0.717, 1.165) is 13.0 Å². The van der Waals surface area contributed by atoms with Crippen LogP contribution in [0.2, 0.25) is 0 Å². The smallest absolute Gasteiger partial charge is 0.266 e. The quantitative estimate of drug-likeness (QED) is 0.734. The Morgan fingerprint density at radius 2 is 2.20 bits per heavy atom. The topological polar surface area (TPSA) is 88.9 Å². The van der Waals surface area contributed by atoms with Crippen LogP contribution >= 0.6 is 0 Å². The van der Waals surface area contributed by atoms with E-state index in [0.29, 0.717) is 6.54 Å². The molecule has 0 atom stereocenters. The van der Waals surface area contributed by atoms with Gasteiger partial charge in [-0.15, -0.1) is 0 Å². The maximum atomic E-state index is 12.1. The van der Waals surface area contributed by atoms with Crippen LogP contribution in [0.4, 0.5) is 5.82 Å². The third-order valence-corrected chi connectivity index (χ3v) is 3.95. The van der Waals surface area contributed by atoms with Gasteiger partial charge in [0, 0.05) is 18.9 Å². The number of hydrogen-bond donors (Lipinski definition) is 2. The van der Waals surface area contributed by atoms with Crippen LogP contribution in [0.25, 0.3) is 0 Å². The summed E-state index contributed by atoms with van der Waals surface area (Å²) in [5.74, 6) is 0.287. The number of anilines is 1. The number of aromatic nitrogens is 3. The van der Waals surface area contributed by atoms with Gasteiger partial charge in [0.15, 0.2) is 0 Å². The van der Waals surface area contributed by atoms with Crippen LogP contribution in [-0.2, 0) is 16.6 Å². The van der Waals surface area contributed by atoms with Gasteiger partial charge >= 0.3 is 0 Å². The molecule has 0 bridgehead atoms. The number of hydrogen-bond acceptors (Lipinski definition) is 5. The van der Waals surface area contributed by atoms with Gasteiger partial charge in [-0.3, -0.25) is 9.40 Å². The molecule has 2 N–H and O–H groups in total. The maximum Gasteiger partial charge on any atom is 0.266 e. The SMILES string of the molecule is CNCCCn1cc(S(=O)(=O)Nc2ccccn2)cn1. The molecule has 2 rings (SSSR count). The lowest BCUT2D eigenvalue weighted by Gasteiger charge is -2.04. The average molecular weight is 295 g/mol. The second kappa shape index (κ2) is 6.49. The van der Waals surface area contributed by atoms with E-state index in [-0.39, 0.29) is 10.7 Å². The van der Waals surface area contributed by atoms with Crippen LogP contribution in [0.3, 0.4) is 0 Å². The molecule has 0 aliphatic rings. The fourth-order valence-corrected chi connectivity index (χ4v) is 2.60. The van der Waals surface area contributed by atoms with Crippen molar-refractivity contribution < 1.29 is 8.42 Å². The summed E-state index contributed by atoms with van der Waals surface area (Å²) in [5.41, 5.74) is 0. The molecule has 2 aromatic heterocycles. The minimum absolute atomic E-state index is 0.132. The fraction of sp³-hybridized carbons (Fsp3) is 0.333. The van der Waals surface area contributed by atoms with Crippen LogP contribution in [0.1, 0.15) is 6.42 Å². The Hall–Kier alpha value is -1.93. The Balaban J connectivity index is 2.06. The lowest BCUT2D eigenvalue weighted by molar-refractivity contribution is 0.561. The highest BCUT2D eigenvalue weighted by Gasteiger charge is 2.16. The molecule has 0 spiro atoms. The van der Waals surface area contributed by atoms with E-state index in [1.54, 1.807) is 22.9 Å². The van der Waals surface area contributed by atoms with Crippen LogP contribution in [0.15, 0.2) is 41.7 Å². The number of pyridine rings is 1. The number of nitrogens with one attached hydrogen (secondary N) is 2. The number of aryl methyl sites for hydroxylation is 1. The van der Waals surface area contributed by atoms with Gasteiger partial charge in [0.05, 0.1) is 6.20 Å². The third kappa shape index (κ3) is 3.78. The van der Waals surface area contributed by atoms with E-state index in [1.807, 2.05) is 7.05 Å². The summed E-state index contributed by atoms with van der Waals surface area (Å²) in [6, 6.07) is 5.03. The van der Waals surface area contributed by atoms with Gasteiger partial charge in [-0.2, -0.15) is 5.10 Å². The van der Waals surface area contributed by atoms with E-state index in [4.69, 9.17) is 0 Å². The van der Waals surface area contributed by atoms with Gasteiger partial charge < -0.3 is 5.32 Å². The highest BCUT2D eigenvalue weighted by molar-refractivity contribution is 7.92. The second-order valence-electron chi connectivity index (χ2n) is 4.22. The van der Waals surface area contributed by atoms with Gasteiger partial charge in [0.2, 0.25) is 0 Å². The monoisotopic (exact) mass is 295 g/mol. The second-order valence-corrected chi connectivity index (χ2v) is 5.90. The normalized spacial score (nSPS) is 11.4. The summed E-state index contributed by atoms with van der Waals surface area (Å²) in [6.07, 6.45) is 5.26. The molecule has 0 fully saturated rings. The van der Waals surface area contributed by atoms with E-state index < -0.39 is 10.0 Å². The molecule has 0 aromatic carbocycles. The molecule has 108 valence electrons. The van der Waals surface area contributed by atoms with E-state index in [9.17, 15) is 8.42 Å². The van der Waals surface area contributed by atoms with Crippen molar-refractivity contribution in [3.05, 3.63) is 36.8 Å². The molecule has 0 saturated carbocycles. The lowest BCUT2D eigenvalue weighted by Crippen LogP contribution is -2.13. The Labute approximate surface area is 118 Å². The lowest BCUT2D eigenvalue weighted by atomic mass is 10.4. The van der Waals surface area contributed by atoms with E-state index >= 15 is 0 Å². The Morgan fingerprint density at radius 3 is 2.90 bits per heavy atom. The predicted molar refractivity (Wildman–Crippen MR) is 75.8 cm³/mol. The van der Waals surface area contributed by atoms with Crippen LogP contribution in [-0.4, -0.2) is 36.8 Å². The molecule has 7 nitrogen and oxygen atoms in total. The zero-order valence-electron chi connectivity index (χ0n) is 11.2. The van der Waals surface area contributed by atoms with Crippen LogP contribution in [0.5, 0.6) is 0 Å². The predicted octanol–water partition coefficient (Wildman–Crippen LogP) is 0.688. The molecule has 0 aliphatic heterocycles.